The Hall–Kier alpha value is -0.870. The molecule has 0 aromatic carbocycles. The Labute approximate surface area is 99.8 Å². The Kier molecular flexibility index (Phi) is 3.96. The Morgan fingerprint density at radius 1 is 1.69 bits per heavy atom. The zero-order valence-electron chi connectivity index (χ0n) is 9.49. The van der Waals surface area contributed by atoms with Crippen molar-refractivity contribution in [2.45, 2.75) is 32.3 Å². The third-order valence-electron chi connectivity index (χ3n) is 2.78. The molecule has 1 unspecified atom stereocenters. The first-order valence-corrected chi connectivity index (χ1v) is 6.64. The molecule has 1 fully saturated rings. The van der Waals surface area contributed by atoms with Crippen LogP contribution >= 0.6 is 11.3 Å². The highest BCUT2D eigenvalue weighted by atomic mass is 32.1. The molecule has 0 radical (unpaired) electrons. The fourth-order valence-electron chi connectivity index (χ4n) is 1.80. The molecule has 2 rings (SSSR count). The number of thiophene rings is 1. The van der Waals surface area contributed by atoms with Crippen LogP contribution in [0.15, 0.2) is 11.4 Å². The van der Waals surface area contributed by atoms with E-state index in [4.69, 9.17) is 4.74 Å². The molecule has 16 heavy (non-hydrogen) atoms. The molecular weight excluding hydrogens is 222 g/mol. The smallest absolute Gasteiger partial charge is 0.252 e. The molecule has 1 amide bonds. The van der Waals surface area contributed by atoms with E-state index in [1.807, 2.05) is 11.4 Å². The molecule has 1 saturated heterocycles. The second-order valence-corrected chi connectivity index (χ2v) is 5.00. The summed E-state index contributed by atoms with van der Waals surface area (Å²) in [4.78, 5) is 13.0. The Balaban J connectivity index is 1.82. The van der Waals surface area contributed by atoms with Crippen molar-refractivity contribution < 1.29 is 9.53 Å². The molecule has 88 valence electrons. The zero-order chi connectivity index (χ0) is 11.4. The molecule has 1 aromatic heterocycles. The van der Waals surface area contributed by atoms with Crippen molar-refractivity contribution >= 4 is 17.2 Å². The van der Waals surface area contributed by atoms with E-state index in [9.17, 15) is 4.79 Å². The monoisotopic (exact) mass is 239 g/mol. The van der Waals surface area contributed by atoms with Crippen LogP contribution in [0.3, 0.4) is 0 Å². The molecule has 0 bridgehead atoms. The SMILES string of the molecule is CCc1cc(C(=O)NCC2CCCO2)cs1. The highest BCUT2D eigenvalue weighted by Gasteiger charge is 2.16. The minimum Gasteiger partial charge on any atom is -0.376 e. The van der Waals surface area contributed by atoms with E-state index in [0.29, 0.717) is 6.54 Å². The molecule has 1 N–H and O–H groups in total. The van der Waals surface area contributed by atoms with E-state index in [0.717, 1.165) is 31.4 Å². The molecule has 0 aliphatic carbocycles. The number of carbonyl (C=O) groups excluding carboxylic acids is 1. The molecule has 3 nitrogen and oxygen atoms in total. The van der Waals surface area contributed by atoms with Gasteiger partial charge < -0.3 is 10.1 Å². The Morgan fingerprint density at radius 2 is 2.56 bits per heavy atom. The number of rotatable bonds is 4. The van der Waals surface area contributed by atoms with E-state index in [1.54, 1.807) is 11.3 Å². The molecule has 0 spiro atoms. The van der Waals surface area contributed by atoms with Crippen molar-refractivity contribution in [3.05, 3.63) is 21.9 Å². The summed E-state index contributed by atoms with van der Waals surface area (Å²) in [6.07, 6.45) is 3.38. The molecule has 0 saturated carbocycles. The van der Waals surface area contributed by atoms with Gasteiger partial charge in [0.05, 0.1) is 11.7 Å². The average Bonchev–Trinajstić information content (AvgIpc) is 2.96. The van der Waals surface area contributed by atoms with Crippen LogP contribution in [0.2, 0.25) is 0 Å². The van der Waals surface area contributed by atoms with Crippen molar-refractivity contribution in [1.82, 2.24) is 5.32 Å². The maximum atomic E-state index is 11.8. The second kappa shape index (κ2) is 5.46. The lowest BCUT2D eigenvalue weighted by molar-refractivity contribution is 0.0858. The standard InChI is InChI=1S/C12H17NO2S/c1-2-11-6-9(8-16-11)12(14)13-7-10-4-3-5-15-10/h6,8,10H,2-5,7H2,1H3,(H,13,14). The summed E-state index contributed by atoms with van der Waals surface area (Å²) in [5, 5.41) is 4.84. The molecule has 1 aliphatic heterocycles. The maximum absolute atomic E-state index is 11.8. The molecule has 4 heteroatoms. The first-order valence-electron chi connectivity index (χ1n) is 5.77. The molecular formula is C12H17NO2S. The van der Waals surface area contributed by atoms with Gasteiger partial charge in [-0.1, -0.05) is 6.92 Å². The van der Waals surface area contributed by atoms with E-state index < -0.39 is 0 Å². The van der Waals surface area contributed by atoms with E-state index in [1.165, 1.54) is 4.88 Å². The lowest BCUT2D eigenvalue weighted by Crippen LogP contribution is -2.31. The van der Waals surface area contributed by atoms with Gasteiger partial charge in [-0.15, -0.1) is 11.3 Å². The summed E-state index contributed by atoms with van der Waals surface area (Å²) in [5.74, 6) is 0.0199. The van der Waals surface area contributed by atoms with Crippen LogP contribution in [-0.2, 0) is 11.2 Å². The predicted molar refractivity (Wildman–Crippen MR) is 65.0 cm³/mol. The van der Waals surface area contributed by atoms with Crippen molar-refractivity contribution in [2.24, 2.45) is 0 Å². The van der Waals surface area contributed by atoms with Gasteiger partial charge in [-0.3, -0.25) is 4.79 Å². The van der Waals surface area contributed by atoms with Gasteiger partial charge in [0.15, 0.2) is 0 Å². The number of hydrogen-bond acceptors (Lipinski definition) is 3. The fourth-order valence-corrected chi connectivity index (χ4v) is 2.61. The number of carbonyl (C=O) groups is 1. The van der Waals surface area contributed by atoms with E-state index in [-0.39, 0.29) is 12.0 Å². The van der Waals surface area contributed by atoms with Crippen LogP contribution in [0, 0.1) is 0 Å². The molecule has 2 heterocycles. The van der Waals surface area contributed by atoms with Crippen LogP contribution in [-0.4, -0.2) is 25.2 Å². The predicted octanol–water partition coefficient (Wildman–Crippen LogP) is 2.22. The number of ether oxygens (including phenoxy) is 1. The molecule has 1 aliphatic rings. The zero-order valence-corrected chi connectivity index (χ0v) is 10.3. The first-order chi connectivity index (χ1) is 7.79. The van der Waals surface area contributed by atoms with Crippen LogP contribution in [0.5, 0.6) is 0 Å². The number of aryl methyl sites for hydroxylation is 1. The van der Waals surface area contributed by atoms with Gasteiger partial charge in [0.2, 0.25) is 0 Å². The maximum Gasteiger partial charge on any atom is 0.252 e. The number of hydrogen-bond donors (Lipinski definition) is 1. The topological polar surface area (TPSA) is 38.3 Å². The molecule has 1 aromatic rings. The number of nitrogens with one attached hydrogen (secondary N) is 1. The first kappa shape index (κ1) is 11.6. The highest BCUT2D eigenvalue weighted by molar-refractivity contribution is 7.10. The average molecular weight is 239 g/mol. The van der Waals surface area contributed by atoms with Gasteiger partial charge in [-0.25, -0.2) is 0 Å². The lowest BCUT2D eigenvalue weighted by Gasteiger charge is -2.09. The lowest BCUT2D eigenvalue weighted by atomic mass is 10.2. The van der Waals surface area contributed by atoms with Gasteiger partial charge in [0.25, 0.3) is 5.91 Å². The van der Waals surface area contributed by atoms with Crippen LogP contribution in [0.25, 0.3) is 0 Å². The largest absolute Gasteiger partial charge is 0.376 e. The van der Waals surface area contributed by atoms with Crippen LogP contribution in [0.4, 0.5) is 0 Å². The summed E-state index contributed by atoms with van der Waals surface area (Å²) in [6, 6.07) is 1.97. The summed E-state index contributed by atoms with van der Waals surface area (Å²) < 4.78 is 5.45. The third kappa shape index (κ3) is 2.83. The summed E-state index contributed by atoms with van der Waals surface area (Å²) >= 11 is 1.64. The minimum absolute atomic E-state index is 0.0199. The van der Waals surface area contributed by atoms with Gasteiger partial charge in [0, 0.05) is 23.4 Å². The summed E-state index contributed by atoms with van der Waals surface area (Å²) in [7, 11) is 0. The van der Waals surface area contributed by atoms with Gasteiger partial charge in [-0.05, 0) is 25.3 Å². The van der Waals surface area contributed by atoms with E-state index >= 15 is 0 Å². The van der Waals surface area contributed by atoms with Gasteiger partial charge in [0.1, 0.15) is 0 Å². The van der Waals surface area contributed by atoms with Crippen molar-refractivity contribution in [3.8, 4) is 0 Å². The van der Waals surface area contributed by atoms with Crippen molar-refractivity contribution in [2.75, 3.05) is 13.2 Å². The van der Waals surface area contributed by atoms with Crippen molar-refractivity contribution in [1.29, 1.82) is 0 Å². The summed E-state index contributed by atoms with van der Waals surface area (Å²) in [5.41, 5.74) is 0.778. The van der Waals surface area contributed by atoms with Gasteiger partial charge >= 0.3 is 0 Å². The van der Waals surface area contributed by atoms with Crippen molar-refractivity contribution in [3.63, 3.8) is 0 Å². The Bertz CT molecular complexity index is 356. The fraction of sp³-hybridized carbons (Fsp3) is 0.583. The quantitative estimate of drug-likeness (QED) is 0.875. The Morgan fingerprint density at radius 3 is 3.19 bits per heavy atom. The highest BCUT2D eigenvalue weighted by Crippen LogP contribution is 2.15. The van der Waals surface area contributed by atoms with E-state index in [2.05, 4.69) is 12.2 Å². The second-order valence-electron chi connectivity index (χ2n) is 4.00. The normalized spacial score (nSPS) is 19.9. The van der Waals surface area contributed by atoms with Crippen LogP contribution in [0.1, 0.15) is 35.0 Å². The van der Waals surface area contributed by atoms with Gasteiger partial charge in [-0.2, -0.15) is 0 Å². The molecule has 1 atom stereocenters. The third-order valence-corrected chi connectivity index (χ3v) is 3.86. The minimum atomic E-state index is 0.0199. The summed E-state index contributed by atoms with van der Waals surface area (Å²) in [6.45, 7) is 3.56. The number of amides is 1. The van der Waals surface area contributed by atoms with Crippen LogP contribution < -0.4 is 5.32 Å².